The van der Waals surface area contributed by atoms with E-state index in [4.69, 9.17) is 10.00 Å². The molecule has 0 heterocycles. The summed E-state index contributed by atoms with van der Waals surface area (Å²) in [7, 11) is 1.61. The number of aliphatic hydroxyl groups excluding tert-OH is 1. The first-order chi connectivity index (χ1) is 9.23. The summed E-state index contributed by atoms with van der Waals surface area (Å²) in [6.07, 6.45) is 4.43. The molecule has 0 aromatic heterocycles. The van der Waals surface area contributed by atoms with Crippen LogP contribution in [0.3, 0.4) is 0 Å². The monoisotopic (exact) mass is 260 g/mol. The molecule has 0 amide bonds. The van der Waals surface area contributed by atoms with Gasteiger partial charge in [-0.2, -0.15) is 5.26 Å². The van der Waals surface area contributed by atoms with Crippen LogP contribution in [-0.2, 0) is 0 Å². The third-order valence-electron chi connectivity index (χ3n) is 4.00. The van der Waals surface area contributed by atoms with Gasteiger partial charge in [-0.1, -0.05) is 12.8 Å². The van der Waals surface area contributed by atoms with E-state index in [9.17, 15) is 5.11 Å². The van der Waals surface area contributed by atoms with Crippen molar-refractivity contribution in [3.63, 3.8) is 0 Å². The molecule has 1 aliphatic carbocycles. The number of anilines is 1. The zero-order valence-corrected chi connectivity index (χ0v) is 11.3. The van der Waals surface area contributed by atoms with Crippen molar-refractivity contribution in [2.24, 2.45) is 5.41 Å². The highest BCUT2D eigenvalue weighted by Crippen LogP contribution is 2.38. The van der Waals surface area contributed by atoms with Gasteiger partial charge >= 0.3 is 0 Å². The van der Waals surface area contributed by atoms with Gasteiger partial charge in [-0.15, -0.1) is 0 Å². The number of methoxy groups -OCH3 is 1. The molecule has 1 aliphatic rings. The van der Waals surface area contributed by atoms with Gasteiger partial charge in [0.2, 0.25) is 0 Å². The maximum Gasteiger partial charge on any atom is 0.121 e. The van der Waals surface area contributed by atoms with Gasteiger partial charge in [0.05, 0.1) is 25.0 Å². The molecular weight excluding hydrogens is 240 g/mol. The number of nitriles is 1. The van der Waals surface area contributed by atoms with Crippen LogP contribution < -0.4 is 10.1 Å². The number of nitrogens with one attached hydrogen (secondary N) is 1. The second kappa shape index (κ2) is 5.94. The van der Waals surface area contributed by atoms with Gasteiger partial charge in [-0.05, 0) is 25.0 Å². The second-order valence-electron chi connectivity index (χ2n) is 5.24. The van der Waals surface area contributed by atoms with Crippen molar-refractivity contribution in [2.45, 2.75) is 25.7 Å². The fourth-order valence-electron chi connectivity index (χ4n) is 2.69. The molecule has 2 N–H and O–H groups in total. The van der Waals surface area contributed by atoms with E-state index >= 15 is 0 Å². The number of nitrogens with zero attached hydrogens (tertiary/aromatic N) is 1. The molecule has 102 valence electrons. The summed E-state index contributed by atoms with van der Waals surface area (Å²) in [6, 6.07) is 7.53. The van der Waals surface area contributed by atoms with Gasteiger partial charge in [-0.3, -0.25) is 0 Å². The summed E-state index contributed by atoms with van der Waals surface area (Å²) in [4.78, 5) is 0. The lowest BCUT2D eigenvalue weighted by Gasteiger charge is -2.27. The molecule has 0 radical (unpaired) electrons. The fourth-order valence-corrected chi connectivity index (χ4v) is 2.69. The Morgan fingerprint density at radius 1 is 1.42 bits per heavy atom. The van der Waals surface area contributed by atoms with E-state index < -0.39 is 0 Å². The van der Waals surface area contributed by atoms with Gasteiger partial charge in [0.15, 0.2) is 0 Å². The largest absolute Gasteiger partial charge is 0.497 e. The molecule has 0 bridgehead atoms. The van der Waals surface area contributed by atoms with Crippen molar-refractivity contribution in [1.82, 2.24) is 0 Å². The molecule has 4 nitrogen and oxygen atoms in total. The zero-order valence-electron chi connectivity index (χ0n) is 11.3. The average Bonchev–Trinajstić information content (AvgIpc) is 2.94. The van der Waals surface area contributed by atoms with Crippen LogP contribution in [0.15, 0.2) is 18.2 Å². The predicted molar refractivity (Wildman–Crippen MR) is 74.2 cm³/mol. The highest BCUT2D eigenvalue weighted by molar-refractivity contribution is 5.60. The van der Waals surface area contributed by atoms with Gasteiger partial charge < -0.3 is 15.2 Å². The molecule has 0 atom stereocenters. The maximum absolute atomic E-state index is 9.59. The molecule has 1 fully saturated rings. The lowest BCUT2D eigenvalue weighted by molar-refractivity contribution is 0.142. The maximum atomic E-state index is 9.59. The molecule has 0 aliphatic heterocycles. The number of aliphatic hydroxyl groups is 1. The minimum Gasteiger partial charge on any atom is -0.497 e. The summed E-state index contributed by atoms with van der Waals surface area (Å²) >= 11 is 0. The van der Waals surface area contributed by atoms with E-state index in [0.717, 1.165) is 24.3 Å². The molecule has 0 unspecified atom stereocenters. The normalized spacial score (nSPS) is 16.9. The van der Waals surface area contributed by atoms with E-state index in [1.54, 1.807) is 19.2 Å². The van der Waals surface area contributed by atoms with Crippen molar-refractivity contribution in [2.75, 3.05) is 25.6 Å². The molecule has 4 heteroatoms. The van der Waals surface area contributed by atoms with Crippen LogP contribution in [0.4, 0.5) is 5.69 Å². The first kappa shape index (κ1) is 13.7. The van der Waals surface area contributed by atoms with Crippen LogP contribution in [0.5, 0.6) is 5.75 Å². The van der Waals surface area contributed by atoms with Crippen LogP contribution >= 0.6 is 0 Å². The third kappa shape index (κ3) is 2.99. The second-order valence-corrected chi connectivity index (χ2v) is 5.24. The Bertz CT molecular complexity index is 474. The van der Waals surface area contributed by atoms with Crippen molar-refractivity contribution in [3.05, 3.63) is 23.8 Å². The third-order valence-corrected chi connectivity index (χ3v) is 4.00. The van der Waals surface area contributed by atoms with Crippen LogP contribution in [0.1, 0.15) is 31.2 Å². The zero-order chi connectivity index (χ0) is 13.7. The number of rotatable bonds is 5. The Hall–Kier alpha value is -1.73. The molecule has 0 saturated heterocycles. The molecular formula is C15H20N2O2. The molecule has 0 spiro atoms. The standard InChI is InChI=1S/C15H20N2O2/c1-19-13-5-4-12(9-16)14(8-13)17-10-15(11-18)6-2-3-7-15/h4-5,8,17-18H,2-3,6-7,10-11H2,1H3. The number of hydrogen-bond acceptors (Lipinski definition) is 4. The Morgan fingerprint density at radius 3 is 2.74 bits per heavy atom. The Labute approximate surface area is 114 Å². The fraction of sp³-hybridized carbons (Fsp3) is 0.533. The van der Waals surface area contributed by atoms with E-state index in [2.05, 4.69) is 11.4 Å². The Kier molecular flexibility index (Phi) is 4.28. The highest BCUT2D eigenvalue weighted by atomic mass is 16.5. The van der Waals surface area contributed by atoms with Gasteiger partial charge in [0.25, 0.3) is 0 Å². The first-order valence-electron chi connectivity index (χ1n) is 6.66. The van der Waals surface area contributed by atoms with Crippen molar-refractivity contribution < 1.29 is 9.84 Å². The molecule has 1 aromatic carbocycles. The summed E-state index contributed by atoms with van der Waals surface area (Å²) in [5.41, 5.74) is 1.35. The smallest absolute Gasteiger partial charge is 0.121 e. The van der Waals surface area contributed by atoms with E-state index in [-0.39, 0.29) is 12.0 Å². The van der Waals surface area contributed by atoms with E-state index in [1.165, 1.54) is 12.8 Å². The van der Waals surface area contributed by atoms with Gasteiger partial charge in [0.1, 0.15) is 11.8 Å². The SMILES string of the molecule is COc1ccc(C#N)c(NCC2(CO)CCCC2)c1. The number of ether oxygens (including phenoxy) is 1. The summed E-state index contributed by atoms with van der Waals surface area (Å²) in [5.74, 6) is 0.728. The molecule has 2 rings (SSSR count). The Balaban J connectivity index is 2.12. The van der Waals surface area contributed by atoms with Crippen molar-refractivity contribution in [1.29, 1.82) is 5.26 Å². The van der Waals surface area contributed by atoms with Crippen molar-refractivity contribution in [3.8, 4) is 11.8 Å². The number of hydrogen-bond donors (Lipinski definition) is 2. The summed E-state index contributed by atoms with van der Waals surface area (Å²) < 4.78 is 5.18. The van der Waals surface area contributed by atoms with Crippen LogP contribution in [-0.4, -0.2) is 25.4 Å². The van der Waals surface area contributed by atoms with Crippen LogP contribution in [0.2, 0.25) is 0 Å². The molecule has 19 heavy (non-hydrogen) atoms. The predicted octanol–water partition coefficient (Wildman–Crippen LogP) is 2.53. The average molecular weight is 260 g/mol. The van der Waals surface area contributed by atoms with E-state index in [1.807, 2.05) is 6.07 Å². The van der Waals surface area contributed by atoms with Gasteiger partial charge in [0, 0.05) is 18.0 Å². The summed E-state index contributed by atoms with van der Waals surface area (Å²) in [5, 5.41) is 22.0. The highest BCUT2D eigenvalue weighted by Gasteiger charge is 2.33. The minimum atomic E-state index is -0.0319. The quantitative estimate of drug-likeness (QED) is 0.853. The topological polar surface area (TPSA) is 65.3 Å². The first-order valence-corrected chi connectivity index (χ1v) is 6.66. The lowest BCUT2D eigenvalue weighted by Crippen LogP contribution is -2.30. The lowest BCUT2D eigenvalue weighted by atomic mass is 9.87. The number of benzene rings is 1. The van der Waals surface area contributed by atoms with Crippen LogP contribution in [0, 0.1) is 16.7 Å². The van der Waals surface area contributed by atoms with Gasteiger partial charge in [-0.25, -0.2) is 0 Å². The molecule has 1 saturated carbocycles. The minimum absolute atomic E-state index is 0.0319. The molecule has 1 aromatic rings. The van der Waals surface area contributed by atoms with E-state index in [0.29, 0.717) is 12.1 Å². The van der Waals surface area contributed by atoms with Crippen LogP contribution in [0.25, 0.3) is 0 Å². The van der Waals surface area contributed by atoms with Crippen molar-refractivity contribution >= 4 is 5.69 Å². The summed E-state index contributed by atoms with van der Waals surface area (Å²) in [6.45, 7) is 0.900. The Morgan fingerprint density at radius 2 is 2.16 bits per heavy atom.